The highest BCUT2D eigenvalue weighted by Gasteiger charge is 2.45. The first-order valence-electron chi connectivity index (χ1n) is 10.8. The fraction of sp³-hybridized carbons (Fsp3) is 0.320. The molecule has 0 amide bonds. The van der Waals surface area contributed by atoms with Crippen LogP contribution in [0.5, 0.6) is 11.8 Å². The minimum Gasteiger partial charge on any atom is -0.481 e. The molecule has 8 heteroatoms. The zero-order valence-corrected chi connectivity index (χ0v) is 18.8. The molecule has 2 atom stereocenters. The van der Waals surface area contributed by atoms with E-state index < -0.39 is 5.60 Å². The average Bonchev–Trinajstić information content (AvgIpc) is 2.86. The number of methoxy groups -OCH3 is 1. The number of nitrogens with zero attached hydrogens (tertiary/aromatic N) is 4. The van der Waals surface area contributed by atoms with Crippen molar-refractivity contribution in [1.29, 1.82) is 5.26 Å². The molecule has 0 bridgehead atoms. The van der Waals surface area contributed by atoms with Gasteiger partial charge in [0.2, 0.25) is 17.5 Å². The third-order valence-corrected chi connectivity index (χ3v) is 5.93. The van der Waals surface area contributed by atoms with Crippen LogP contribution in [-0.2, 0) is 0 Å². The van der Waals surface area contributed by atoms with Crippen LogP contribution in [0.1, 0.15) is 41.3 Å². The number of aromatic nitrogens is 3. The molecule has 0 aromatic carbocycles. The molecular formula is C25H25N5O3. The van der Waals surface area contributed by atoms with Crippen LogP contribution in [0.2, 0.25) is 0 Å². The quantitative estimate of drug-likeness (QED) is 0.577. The minimum atomic E-state index is -1.21. The Morgan fingerprint density at radius 1 is 1.21 bits per heavy atom. The highest BCUT2D eigenvalue weighted by Crippen LogP contribution is 2.34. The SMILES string of the molecule is COc1ccc(C(=O)[C@@]2(Oc3nccc(C#N)c3C)CC[C@@H](C)NC2)c(-c2ccccn2)n1. The minimum absolute atomic E-state index is 0.221. The molecule has 1 aliphatic rings. The van der Waals surface area contributed by atoms with Crippen molar-refractivity contribution in [3.63, 3.8) is 0 Å². The Hall–Kier alpha value is -3.83. The van der Waals surface area contributed by atoms with Gasteiger partial charge in [-0.2, -0.15) is 5.26 Å². The van der Waals surface area contributed by atoms with E-state index in [9.17, 15) is 10.1 Å². The predicted octanol–water partition coefficient (Wildman–Crippen LogP) is 3.50. The van der Waals surface area contributed by atoms with E-state index >= 15 is 0 Å². The third kappa shape index (κ3) is 4.41. The van der Waals surface area contributed by atoms with Gasteiger partial charge in [-0.15, -0.1) is 0 Å². The molecule has 1 saturated heterocycles. The number of piperidine rings is 1. The summed E-state index contributed by atoms with van der Waals surface area (Å²) in [6, 6.07) is 12.8. The van der Waals surface area contributed by atoms with Gasteiger partial charge < -0.3 is 14.8 Å². The number of Topliss-reactive ketones (excluding diaryl/α,β-unsaturated/α-hetero) is 1. The second-order valence-electron chi connectivity index (χ2n) is 8.11. The van der Waals surface area contributed by atoms with Crippen molar-refractivity contribution in [2.24, 2.45) is 0 Å². The van der Waals surface area contributed by atoms with Crippen molar-refractivity contribution < 1.29 is 14.3 Å². The fourth-order valence-corrected chi connectivity index (χ4v) is 3.91. The summed E-state index contributed by atoms with van der Waals surface area (Å²) in [6.07, 6.45) is 4.41. The molecule has 1 aliphatic heterocycles. The second-order valence-corrected chi connectivity index (χ2v) is 8.11. The molecule has 33 heavy (non-hydrogen) atoms. The first kappa shape index (κ1) is 22.4. The van der Waals surface area contributed by atoms with Gasteiger partial charge in [-0.25, -0.2) is 9.97 Å². The maximum Gasteiger partial charge on any atom is 0.218 e. The molecular weight excluding hydrogens is 418 g/mol. The van der Waals surface area contributed by atoms with E-state index in [0.29, 0.717) is 46.9 Å². The van der Waals surface area contributed by atoms with Crippen molar-refractivity contribution in [3.05, 3.63) is 65.5 Å². The van der Waals surface area contributed by atoms with Crippen molar-refractivity contribution in [3.8, 4) is 29.2 Å². The monoisotopic (exact) mass is 443 g/mol. The van der Waals surface area contributed by atoms with E-state index in [1.165, 1.54) is 13.3 Å². The molecule has 0 radical (unpaired) electrons. The Morgan fingerprint density at radius 3 is 2.73 bits per heavy atom. The second kappa shape index (κ2) is 9.35. The van der Waals surface area contributed by atoms with E-state index in [0.717, 1.165) is 6.42 Å². The maximum atomic E-state index is 14.1. The Morgan fingerprint density at radius 2 is 2.06 bits per heavy atom. The van der Waals surface area contributed by atoms with Gasteiger partial charge in [-0.05, 0) is 51.0 Å². The summed E-state index contributed by atoms with van der Waals surface area (Å²) in [5.74, 6) is 0.442. The molecule has 1 N–H and O–H groups in total. The van der Waals surface area contributed by atoms with Gasteiger partial charge in [0.15, 0.2) is 5.60 Å². The predicted molar refractivity (Wildman–Crippen MR) is 122 cm³/mol. The number of ketones is 1. The van der Waals surface area contributed by atoms with E-state index in [2.05, 4.69) is 33.3 Å². The normalized spacial score (nSPS) is 20.0. The van der Waals surface area contributed by atoms with Crippen LogP contribution >= 0.6 is 0 Å². The summed E-state index contributed by atoms with van der Waals surface area (Å²) in [7, 11) is 1.53. The lowest BCUT2D eigenvalue weighted by Gasteiger charge is -2.39. The van der Waals surface area contributed by atoms with Crippen LogP contribution < -0.4 is 14.8 Å². The van der Waals surface area contributed by atoms with Crippen LogP contribution in [-0.4, -0.2) is 46.0 Å². The molecule has 168 valence electrons. The average molecular weight is 444 g/mol. The largest absolute Gasteiger partial charge is 0.481 e. The van der Waals surface area contributed by atoms with Crippen LogP contribution in [0.4, 0.5) is 0 Å². The molecule has 3 aromatic heterocycles. The van der Waals surface area contributed by atoms with Crippen molar-refractivity contribution >= 4 is 5.78 Å². The number of ether oxygens (including phenoxy) is 2. The molecule has 8 nitrogen and oxygen atoms in total. The number of pyridine rings is 3. The summed E-state index contributed by atoms with van der Waals surface area (Å²) in [6.45, 7) is 4.15. The zero-order valence-electron chi connectivity index (χ0n) is 18.8. The summed E-state index contributed by atoms with van der Waals surface area (Å²) in [5, 5.41) is 12.8. The Labute approximate surface area is 192 Å². The van der Waals surface area contributed by atoms with Crippen molar-refractivity contribution in [2.75, 3.05) is 13.7 Å². The summed E-state index contributed by atoms with van der Waals surface area (Å²) >= 11 is 0. The Kier molecular flexibility index (Phi) is 6.33. The summed E-state index contributed by atoms with van der Waals surface area (Å²) in [4.78, 5) is 27.4. The molecule has 1 fully saturated rings. The zero-order chi connectivity index (χ0) is 23.4. The molecule has 4 heterocycles. The highest BCUT2D eigenvalue weighted by atomic mass is 16.5. The molecule has 0 aliphatic carbocycles. The number of carbonyl (C=O) groups excluding carboxylic acids is 1. The summed E-state index contributed by atoms with van der Waals surface area (Å²) < 4.78 is 11.7. The highest BCUT2D eigenvalue weighted by molar-refractivity contribution is 6.07. The Bertz CT molecular complexity index is 1200. The number of hydrogen-bond donors (Lipinski definition) is 1. The van der Waals surface area contributed by atoms with E-state index in [1.807, 2.05) is 6.07 Å². The van der Waals surface area contributed by atoms with Crippen LogP contribution in [0.25, 0.3) is 11.4 Å². The van der Waals surface area contributed by atoms with E-state index in [1.54, 1.807) is 43.5 Å². The van der Waals surface area contributed by atoms with Crippen LogP contribution in [0.3, 0.4) is 0 Å². The first-order chi connectivity index (χ1) is 16.0. The van der Waals surface area contributed by atoms with Crippen molar-refractivity contribution in [1.82, 2.24) is 20.3 Å². The number of nitrogens with one attached hydrogen (secondary N) is 1. The van der Waals surface area contributed by atoms with Gasteiger partial charge in [0.25, 0.3) is 0 Å². The molecule has 0 spiro atoms. The molecule has 0 saturated carbocycles. The molecule has 4 rings (SSSR count). The van der Waals surface area contributed by atoms with Gasteiger partial charge in [0.1, 0.15) is 5.69 Å². The maximum absolute atomic E-state index is 14.1. The lowest BCUT2D eigenvalue weighted by molar-refractivity contribution is 0.0261. The van der Waals surface area contributed by atoms with Crippen molar-refractivity contribution in [2.45, 2.75) is 38.3 Å². The lowest BCUT2D eigenvalue weighted by atomic mass is 9.83. The van der Waals surface area contributed by atoms with E-state index in [-0.39, 0.29) is 17.7 Å². The molecule has 0 unspecified atom stereocenters. The topological polar surface area (TPSA) is 110 Å². The standard InChI is InChI=1S/C25H25N5O3/c1-16-9-11-25(15-29-16,33-24-17(2)18(14-26)10-13-28-24)23(31)19-7-8-21(32-3)30-22(19)20-6-4-5-12-27-20/h4-8,10,12-13,16,29H,9,11,15H2,1-3H3/t16-,25-/m1/s1. The van der Waals surface area contributed by atoms with Gasteiger partial charge in [-0.1, -0.05) is 6.07 Å². The van der Waals surface area contributed by atoms with Crippen LogP contribution in [0, 0.1) is 18.3 Å². The number of nitriles is 1. The summed E-state index contributed by atoms with van der Waals surface area (Å²) in [5.41, 5.74) is 1.23. The number of carbonyl (C=O) groups is 1. The van der Waals surface area contributed by atoms with Gasteiger partial charge in [-0.3, -0.25) is 9.78 Å². The third-order valence-electron chi connectivity index (χ3n) is 5.93. The van der Waals surface area contributed by atoms with E-state index in [4.69, 9.17) is 9.47 Å². The lowest BCUT2D eigenvalue weighted by Crippen LogP contribution is -2.58. The number of rotatable bonds is 6. The van der Waals surface area contributed by atoms with Gasteiger partial charge in [0, 0.05) is 36.6 Å². The molecule has 3 aromatic rings. The van der Waals surface area contributed by atoms with Gasteiger partial charge in [0.05, 0.1) is 30.0 Å². The Balaban J connectivity index is 1.81. The first-order valence-corrected chi connectivity index (χ1v) is 10.8. The number of hydrogen-bond acceptors (Lipinski definition) is 8. The van der Waals surface area contributed by atoms with Crippen LogP contribution in [0.15, 0.2) is 48.8 Å². The van der Waals surface area contributed by atoms with Gasteiger partial charge >= 0.3 is 0 Å². The fourth-order valence-electron chi connectivity index (χ4n) is 3.91. The smallest absolute Gasteiger partial charge is 0.218 e.